The van der Waals surface area contributed by atoms with E-state index in [-0.39, 0.29) is 12.4 Å². The Balaban J connectivity index is 0.00000256. The van der Waals surface area contributed by atoms with E-state index in [1.165, 1.54) is 0 Å². The van der Waals surface area contributed by atoms with Gasteiger partial charge in [0.1, 0.15) is 6.04 Å². The van der Waals surface area contributed by atoms with Crippen molar-refractivity contribution in [1.82, 2.24) is 0 Å². The highest BCUT2D eigenvalue weighted by molar-refractivity contribution is 9.10. The molecule has 0 bridgehead atoms. The van der Waals surface area contributed by atoms with Crippen molar-refractivity contribution in [3.8, 4) is 0 Å². The number of nitrogens with two attached hydrogens (primary N) is 1. The lowest BCUT2D eigenvalue weighted by atomic mass is 10.0. The second kappa shape index (κ2) is 6.58. The van der Waals surface area contributed by atoms with E-state index >= 15 is 0 Å². The Morgan fingerprint density at radius 3 is 2.12 bits per heavy atom. The molecule has 98 valence electrons. The predicted molar refractivity (Wildman–Crippen MR) is 65.0 cm³/mol. The summed E-state index contributed by atoms with van der Waals surface area (Å²) < 4.78 is 37.2. The molecule has 2 nitrogen and oxygen atoms in total. The van der Waals surface area contributed by atoms with Crippen LogP contribution in [-0.2, 0) is 0 Å². The van der Waals surface area contributed by atoms with Crippen LogP contribution in [0.25, 0.3) is 0 Å². The third-order valence-electron chi connectivity index (χ3n) is 2.15. The van der Waals surface area contributed by atoms with Crippen LogP contribution in [0.1, 0.15) is 18.1 Å². The van der Waals surface area contributed by atoms with Crippen LogP contribution < -0.4 is 5.73 Å². The molecule has 0 aliphatic carbocycles. The summed E-state index contributed by atoms with van der Waals surface area (Å²) in [6.45, 7) is 0. The number of rotatable bonds is 3. The molecular formula is C10H12BrClF3NO. The normalized spacial score (nSPS) is 14.9. The van der Waals surface area contributed by atoms with Crippen LogP contribution in [0.15, 0.2) is 28.7 Å². The molecule has 1 aromatic rings. The molecule has 0 unspecified atom stereocenters. The van der Waals surface area contributed by atoms with E-state index in [4.69, 9.17) is 5.73 Å². The maximum atomic E-state index is 12.1. The zero-order valence-electron chi connectivity index (χ0n) is 8.62. The van der Waals surface area contributed by atoms with Crippen molar-refractivity contribution < 1.29 is 18.3 Å². The largest absolute Gasteiger partial charge is 0.403 e. The molecule has 3 N–H and O–H groups in total. The molecular weight excluding hydrogens is 322 g/mol. The molecule has 17 heavy (non-hydrogen) atoms. The van der Waals surface area contributed by atoms with Gasteiger partial charge in [-0.1, -0.05) is 28.1 Å². The van der Waals surface area contributed by atoms with Gasteiger partial charge >= 0.3 is 6.18 Å². The fourth-order valence-electron chi connectivity index (χ4n) is 1.20. The summed E-state index contributed by atoms with van der Waals surface area (Å²) in [5, 5.41) is 9.55. The van der Waals surface area contributed by atoms with Crippen LogP contribution >= 0.6 is 28.3 Å². The van der Waals surface area contributed by atoms with E-state index in [0.29, 0.717) is 5.56 Å². The highest BCUT2D eigenvalue weighted by atomic mass is 79.9. The summed E-state index contributed by atoms with van der Waals surface area (Å²) in [6, 6.07) is 4.40. The SMILES string of the molecule is Cl.N[C@H](C[C@H](O)c1ccc(Br)cc1)C(F)(F)F. The lowest BCUT2D eigenvalue weighted by molar-refractivity contribution is -0.153. The Kier molecular flexibility index (Phi) is 6.47. The van der Waals surface area contributed by atoms with Crippen molar-refractivity contribution in [3.05, 3.63) is 34.3 Å². The molecule has 0 aromatic heterocycles. The fourth-order valence-corrected chi connectivity index (χ4v) is 1.46. The van der Waals surface area contributed by atoms with Crippen molar-refractivity contribution in [2.75, 3.05) is 0 Å². The number of aliphatic hydroxyl groups is 1. The maximum absolute atomic E-state index is 12.1. The Labute approximate surface area is 112 Å². The smallest absolute Gasteiger partial charge is 0.388 e. The maximum Gasteiger partial charge on any atom is 0.403 e. The van der Waals surface area contributed by atoms with Gasteiger partial charge in [-0.05, 0) is 17.7 Å². The Morgan fingerprint density at radius 1 is 1.24 bits per heavy atom. The van der Waals surface area contributed by atoms with Gasteiger partial charge in [0, 0.05) is 10.9 Å². The van der Waals surface area contributed by atoms with Crippen molar-refractivity contribution in [3.63, 3.8) is 0 Å². The monoisotopic (exact) mass is 333 g/mol. The van der Waals surface area contributed by atoms with E-state index in [2.05, 4.69) is 15.9 Å². The molecule has 7 heteroatoms. The van der Waals surface area contributed by atoms with Gasteiger partial charge in [0.2, 0.25) is 0 Å². The number of halogens is 5. The number of hydrogen-bond acceptors (Lipinski definition) is 2. The van der Waals surface area contributed by atoms with Crippen LogP contribution in [0, 0.1) is 0 Å². The third-order valence-corrected chi connectivity index (χ3v) is 2.68. The van der Waals surface area contributed by atoms with E-state index in [1.54, 1.807) is 24.3 Å². The van der Waals surface area contributed by atoms with Gasteiger partial charge in [0.25, 0.3) is 0 Å². The minimum atomic E-state index is -4.48. The first-order valence-electron chi connectivity index (χ1n) is 4.56. The molecule has 0 aliphatic heterocycles. The summed E-state index contributed by atoms with van der Waals surface area (Å²) in [5.41, 5.74) is 5.34. The Hall–Kier alpha value is -0.300. The second-order valence-corrected chi connectivity index (χ2v) is 4.37. The third kappa shape index (κ3) is 5.25. The van der Waals surface area contributed by atoms with E-state index < -0.39 is 24.7 Å². The lowest BCUT2D eigenvalue weighted by Gasteiger charge is -2.19. The molecule has 0 saturated carbocycles. The minimum Gasteiger partial charge on any atom is -0.388 e. The zero-order valence-corrected chi connectivity index (χ0v) is 11.0. The van der Waals surface area contributed by atoms with Gasteiger partial charge in [-0.25, -0.2) is 0 Å². The summed E-state index contributed by atoms with van der Waals surface area (Å²) >= 11 is 3.19. The molecule has 1 rings (SSSR count). The van der Waals surface area contributed by atoms with Crippen LogP contribution in [0.3, 0.4) is 0 Å². The van der Waals surface area contributed by atoms with E-state index in [0.717, 1.165) is 4.47 Å². The molecule has 1 aromatic carbocycles. The summed E-state index contributed by atoms with van der Waals surface area (Å²) in [6.07, 6.45) is -6.22. The number of hydrogen-bond donors (Lipinski definition) is 2. The van der Waals surface area contributed by atoms with Gasteiger partial charge in [-0.2, -0.15) is 13.2 Å². The Morgan fingerprint density at radius 2 is 1.71 bits per heavy atom. The molecule has 0 fully saturated rings. The number of alkyl halides is 3. The van der Waals surface area contributed by atoms with Gasteiger partial charge in [-0.3, -0.25) is 0 Å². The van der Waals surface area contributed by atoms with Crippen molar-refractivity contribution in [2.45, 2.75) is 24.7 Å². The first-order valence-corrected chi connectivity index (χ1v) is 5.36. The minimum absolute atomic E-state index is 0. The van der Waals surface area contributed by atoms with Crippen LogP contribution in [0.5, 0.6) is 0 Å². The quantitative estimate of drug-likeness (QED) is 0.892. The molecule has 0 radical (unpaired) electrons. The van der Waals surface area contributed by atoms with E-state index in [9.17, 15) is 18.3 Å². The molecule has 0 saturated heterocycles. The van der Waals surface area contributed by atoms with Crippen molar-refractivity contribution >= 4 is 28.3 Å². The van der Waals surface area contributed by atoms with Crippen LogP contribution in [0.4, 0.5) is 13.2 Å². The van der Waals surface area contributed by atoms with Crippen LogP contribution in [-0.4, -0.2) is 17.3 Å². The molecule has 0 spiro atoms. The number of aliphatic hydroxyl groups excluding tert-OH is 1. The van der Waals surface area contributed by atoms with Gasteiger partial charge in [-0.15, -0.1) is 12.4 Å². The first kappa shape index (κ1) is 16.7. The summed E-state index contributed by atoms with van der Waals surface area (Å²) in [4.78, 5) is 0. The summed E-state index contributed by atoms with van der Waals surface area (Å²) in [7, 11) is 0. The average Bonchev–Trinajstić information content (AvgIpc) is 2.17. The predicted octanol–water partition coefficient (Wildman–Crippen LogP) is 3.18. The second-order valence-electron chi connectivity index (χ2n) is 3.45. The zero-order chi connectivity index (χ0) is 12.3. The lowest BCUT2D eigenvalue weighted by Crippen LogP contribution is -2.38. The van der Waals surface area contributed by atoms with Gasteiger partial charge in [0.05, 0.1) is 6.10 Å². The highest BCUT2D eigenvalue weighted by Gasteiger charge is 2.37. The van der Waals surface area contributed by atoms with E-state index in [1.807, 2.05) is 0 Å². The highest BCUT2D eigenvalue weighted by Crippen LogP contribution is 2.27. The molecule has 0 amide bonds. The van der Waals surface area contributed by atoms with Gasteiger partial charge < -0.3 is 10.8 Å². The average molecular weight is 335 g/mol. The van der Waals surface area contributed by atoms with Gasteiger partial charge in [0.15, 0.2) is 0 Å². The standard InChI is InChI=1S/C10H11BrF3NO.ClH/c11-7-3-1-6(2-4-7)8(16)5-9(15)10(12,13)14;/h1-4,8-9,16H,5,15H2;1H/t8-,9+;/m0./s1. The van der Waals surface area contributed by atoms with Crippen molar-refractivity contribution in [2.24, 2.45) is 5.73 Å². The molecule has 0 aliphatic rings. The first-order chi connectivity index (χ1) is 7.30. The summed E-state index contributed by atoms with van der Waals surface area (Å²) in [5.74, 6) is 0. The fraction of sp³-hybridized carbons (Fsp3) is 0.400. The molecule has 0 heterocycles. The Bertz CT molecular complexity index is 344. The number of benzene rings is 1. The van der Waals surface area contributed by atoms with Crippen LogP contribution in [0.2, 0.25) is 0 Å². The molecule has 2 atom stereocenters. The topological polar surface area (TPSA) is 46.2 Å². The van der Waals surface area contributed by atoms with Crippen molar-refractivity contribution in [1.29, 1.82) is 0 Å².